The van der Waals surface area contributed by atoms with Gasteiger partial charge in [-0.2, -0.15) is 0 Å². The Bertz CT molecular complexity index is 957. The molecule has 6 heteroatoms. The van der Waals surface area contributed by atoms with Gasteiger partial charge in [0.2, 0.25) is 5.91 Å². The van der Waals surface area contributed by atoms with Crippen molar-refractivity contribution in [2.45, 2.75) is 66.2 Å². The summed E-state index contributed by atoms with van der Waals surface area (Å²) in [5.41, 5.74) is 6.34. The Hall–Kier alpha value is -2.21. The molecule has 0 saturated heterocycles. The highest BCUT2D eigenvalue weighted by molar-refractivity contribution is 7.71. The first-order chi connectivity index (χ1) is 13.0. The molecule has 1 aromatic carbocycles. The van der Waals surface area contributed by atoms with Crippen LogP contribution in [0.4, 0.5) is 0 Å². The van der Waals surface area contributed by atoms with Crippen molar-refractivity contribution in [1.82, 2.24) is 15.3 Å². The molecule has 152 valence electrons. The zero-order valence-corrected chi connectivity index (χ0v) is 18.5. The van der Waals surface area contributed by atoms with E-state index in [9.17, 15) is 9.59 Å². The summed E-state index contributed by atoms with van der Waals surface area (Å²) in [6.45, 7) is 13.3. The Morgan fingerprint density at radius 1 is 1.04 bits per heavy atom. The van der Waals surface area contributed by atoms with Gasteiger partial charge in [-0.15, -0.1) is 0 Å². The van der Waals surface area contributed by atoms with Gasteiger partial charge in [0.05, 0.1) is 0 Å². The molecule has 3 N–H and O–H groups in total. The second kappa shape index (κ2) is 8.86. The van der Waals surface area contributed by atoms with Crippen LogP contribution >= 0.6 is 12.2 Å². The highest BCUT2D eigenvalue weighted by atomic mass is 32.1. The van der Waals surface area contributed by atoms with Crippen LogP contribution in [0.2, 0.25) is 0 Å². The van der Waals surface area contributed by atoms with E-state index in [-0.39, 0.29) is 23.3 Å². The predicted molar refractivity (Wildman–Crippen MR) is 117 cm³/mol. The van der Waals surface area contributed by atoms with Crippen LogP contribution in [-0.2, 0) is 23.1 Å². The second-order valence-corrected chi connectivity index (χ2v) is 8.86. The van der Waals surface area contributed by atoms with Crippen molar-refractivity contribution in [3.8, 4) is 0 Å². The lowest BCUT2D eigenvalue weighted by Gasteiger charge is -2.22. The van der Waals surface area contributed by atoms with Crippen LogP contribution in [0.15, 0.2) is 16.9 Å². The number of aromatic amines is 2. The highest BCUT2D eigenvalue weighted by Gasteiger charge is 2.16. The minimum atomic E-state index is -0.223. The first-order valence-corrected chi connectivity index (χ1v) is 10.1. The molecule has 0 saturated carbocycles. The average Bonchev–Trinajstić information content (AvgIpc) is 2.55. The number of carbonyl (C=O) groups is 1. The maximum Gasteiger partial charge on any atom is 0.255 e. The minimum absolute atomic E-state index is 0.0529. The van der Waals surface area contributed by atoms with Crippen molar-refractivity contribution in [3.63, 3.8) is 0 Å². The van der Waals surface area contributed by atoms with E-state index in [0.717, 1.165) is 6.42 Å². The first-order valence-electron chi connectivity index (χ1n) is 9.68. The molecule has 2 rings (SSSR count). The van der Waals surface area contributed by atoms with Gasteiger partial charge in [0.25, 0.3) is 5.56 Å². The van der Waals surface area contributed by atoms with Crippen LogP contribution in [0.25, 0.3) is 0 Å². The van der Waals surface area contributed by atoms with Gasteiger partial charge < -0.3 is 10.3 Å². The fourth-order valence-corrected chi connectivity index (χ4v) is 3.65. The van der Waals surface area contributed by atoms with E-state index in [1.807, 2.05) is 0 Å². The number of benzene rings is 1. The summed E-state index contributed by atoms with van der Waals surface area (Å²) >= 11 is 4.94. The number of hydrogen-bond donors (Lipinski definition) is 3. The van der Waals surface area contributed by atoms with Crippen LogP contribution in [0, 0.1) is 25.5 Å². The summed E-state index contributed by atoms with van der Waals surface area (Å²) in [7, 11) is 0. The smallest absolute Gasteiger partial charge is 0.255 e. The number of aromatic nitrogens is 2. The number of H-pyrrole nitrogens is 2. The largest absolute Gasteiger partial charge is 0.356 e. The second-order valence-electron chi connectivity index (χ2n) is 8.45. The van der Waals surface area contributed by atoms with E-state index in [2.05, 4.69) is 62.0 Å². The molecule has 2 aromatic rings. The van der Waals surface area contributed by atoms with Crippen molar-refractivity contribution in [3.05, 3.63) is 60.8 Å². The van der Waals surface area contributed by atoms with Crippen LogP contribution in [0.1, 0.15) is 60.7 Å². The first kappa shape index (κ1) is 22.1. The van der Waals surface area contributed by atoms with E-state index in [1.165, 1.54) is 22.3 Å². The van der Waals surface area contributed by atoms with Gasteiger partial charge in [0.15, 0.2) is 4.77 Å². The topological polar surface area (TPSA) is 77.8 Å². The Morgan fingerprint density at radius 2 is 1.64 bits per heavy atom. The standard InChI is InChI=1S/C22H31N3O2S/c1-13-11-16(22(4,5)6)12-14(2)17(13)9-10-23-19(26)8-7-18-15(3)24-21(28)25-20(18)27/h11-12H,7-10H2,1-6H3,(H,23,26)(H2,24,25,27,28). The highest BCUT2D eigenvalue weighted by Crippen LogP contribution is 2.27. The number of amides is 1. The molecule has 1 amide bonds. The molecule has 0 fully saturated rings. The maximum absolute atomic E-state index is 12.2. The molecule has 0 unspecified atom stereocenters. The lowest BCUT2D eigenvalue weighted by Crippen LogP contribution is -2.27. The summed E-state index contributed by atoms with van der Waals surface area (Å²) in [5.74, 6) is -0.0529. The molecular weight excluding hydrogens is 370 g/mol. The van der Waals surface area contributed by atoms with Crippen molar-refractivity contribution in [2.24, 2.45) is 0 Å². The maximum atomic E-state index is 12.2. The SMILES string of the molecule is Cc1cc(C(C)(C)C)cc(C)c1CCNC(=O)CCc1c(C)[nH]c(=S)[nH]c1=O. The molecule has 0 atom stereocenters. The van der Waals surface area contributed by atoms with E-state index < -0.39 is 0 Å². The third kappa shape index (κ3) is 5.64. The van der Waals surface area contributed by atoms with E-state index in [4.69, 9.17) is 12.2 Å². The number of aryl methyl sites for hydroxylation is 3. The summed E-state index contributed by atoms with van der Waals surface area (Å²) in [6, 6.07) is 4.50. The summed E-state index contributed by atoms with van der Waals surface area (Å²) in [6.07, 6.45) is 1.46. The van der Waals surface area contributed by atoms with Gasteiger partial charge in [0, 0.05) is 24.2 Å². The van der Waals surface area contributed by atoms with Gasteiger partial charge in [-0.1, -0.05) is 32.9 Å². The predicted octanol–water partition coefficient (Wildman–Crippen LogP) is 3.95. The molecule has 1 aromatic heterocycles. The fraction of sp³-hybridized carbons (Fsp3) is 0.500. The van der Waals surface area contributed by atoms with Crippen molar-refractivity contribution in [2.75, 3.05) is 6.54 Å². The third-order valence-corrected chi connectivity index (χ3v) is 5.32. The summed E-state index contributed by atoms with van der Waals surface area (Å²) < 4.78 is 0.305. The van der Waals surface area contributed by atoms with Crippen molar-refractivity contribution < 1.29 is 4.79 Å². The molecule has 5 nitrogen and oxygen atoms in total. The van der Waals surface area contributed by atoms with Gasteiger partial charge in [-0.3, -0.25) is 14.6 Å². The third-order valence-electron chi connectivity index (χ3n) is 5.12. The van der Waals surface area contributed by atoms with Crippen LogP contribution in [0.5, 0.6) is 0 Å². The Labute approximate surface area is 172 Å². The van der Waals surface area contributed by atoms with Gasteiger partial charge in [-0.25, -0.2) is 0 Å². The van der Waals surface area contributed by atoms with E-state index in [0.29, 0.717) is 29.0 Å². The molecular formula is C22H31N3O2S. The summed E-state index contributed by atoms with van der Waals surface area (Å²) in [5, 5.41) is 2.97. The number of rotatable bonds is 6. The molecule has 0 bridgehead atoms. The lowest BCUT2D eigenvalue weighted by atomic mass is 9.83. The van der Waals surface area contributed by atoms with Crippen LogP contribution in [-0.4, -0.2) is 22.4 Å². The number of hydrogen-bond acceptors (Lipinski definition) is 3. The average molecular weight is 402 g/mol. The lowest BCUT2D eigenvalue weighted by molar-refractivity contribution is -0.121. The van der Waals surface area contributed by atoms with Crippen molar-refractivity contribution in [1.29, 1.82) is 0 Å². The molecule has 0 aliphatic carbocycles. The van der Waals surface area contributed by atoms with Gasteiger partial charge in [-0.05, 0) is 73.5 Å². The van der Waals surface area contributed by atoms with Gasteiger partial charge >= 0.3 is 0 Å². The zero-order chi connectivity index (χ0) is 21.1. The van der Waals surface area contributed by atoms with Gasteiger partial charge in [0.1, 0.15) is 0 Å². The Balaban J connectivity index is 1.93. The molecule has 1 heterocycles. The molecule has 28 heavy (non-hydrogen) atoms. The zero-order valence-electron chi connectivity index (χ0n) is 17.7. The number of carbonyl (C=O) groups excluding carboxylic acids is 1. The van der Waals surface area contributed by atoms with Crippen LogP contribution < -0.4 is 10.9 Å². The van der Waals surface area contributed by atoms with Crippen LogP contribution in [0.3, 0.4) is 0 Å². The fourth-order valence-electron chi connectivity index (χ4n) is 3.40. The molecule has 0 spiro atoms. The normalized spacial score (nSPS) is 11.5. The minimum Gasteiger partial charge on any atom is -0.356 e. The molecule has 0 radical (unpaired) electrons. The summed E-state index contributed by atoms with van der Waals surface area (Å²) in [4.78, 5) is 29.7. The quantitative estimate of drug-likeness (QED) is 0.642. The van der Waals surface area contributed by atoms with E-state index in [1.54, 1.807) is 6.92 Å². The molecule has 0 aliphatic rings. The Kier molecular flexibility index (Phi) is 6.99. The number of nitrogens with one attached hydrogen (secondary N) is 3. The monoisotopic (exact) mass is 401 g/mol. The van der Waals surface area contributed by atoms with Crippen molar-refractivity contribution >= 4 is 18.1 Å². The van der Waals surface area contributed by atoms with E-state index >= 15 is 0 Å². The molecule has 0 aliphatic heterocycles. The Morgan fingerprint density at radius 3 is 2.18 bits per heavy atom.